The Kier molecular flexibility index (Phi) is 5.86. The average Bonchev–Trinajstić information content (AvgIpc) is 1.89. The topological polar surface area (TPSA) is 64.7 Å². The summed E-state index contributed by atoms with van der Waals surface area (Å²) in [5, 5.41) is 8.70. The molecule has 3 N–H and O–H groups in total. The van der Waals surface area contributed by atoms with Crippen LogP contribution in [-0.2, 0) is 9.47 Å². The zero-order chi connectivity index (χ0) is 7.11. The molecule has 56 valence electrons. The monoisotopic (exact) mass is 135 g/mol. The number of ether oxygens (including phenoxy) is 2. The van der Waals surface area contributed by atoms with Gasteiger partial charge < -0.3 is 20.3 Å². The second-order valence-corrected chi connectivity index (χ2v) is 1.55. The number of aliphatic hydroxyl groups excluding tert-OH is 1. The summed E-state index contributed by atoms with van der Waals surface area (Å²) < 4.78 is 9.32. The molecule has 0 heterocycles. The lowest BCUT2D eigenvalue weighted by molar-refractivity contribution is -0.117. The van der Waals surface area contributed by atoms with E-state index in [9.17, 15) is 0 Å². The van der Waals surface area contributed by atoms with Gasteiger partial charge in [0.25, 0.3) is 0 Å². The molecule has 9 heavy (non-hydrogen) atoms. The standard InChI is InChI=1S/C5H13NO3/c1-8-5(7)4-9-3-2-6/h5,7H,2-4,6H2,1H3. The summed E-state index contributed by atoms with van der Waals surface area (Å²) >= 11 is 0. The zero-order valence-electron chi connectivity index (χ0n) is 5.54. The van der Waals surface area contributed by atoms with E-state index in [0.29, 0.717) is 13.2 Å². The van der Waals surface area contributed by atoms with Crippen LogP contribution in [0.5, 0.6) is 0 Å². The molecular weight excluding hydrogens is 122 g/mol. The summed E-state index contributed by atoms with van der Waals surface area (Å²) in [5.41, 5.74) is 5.11. The maximum Gasteiger partial charge on any atom is 0.177 e. The molecule has 0 aromatic heterocycles. The number of aliphatic hydroxyl groups is 1. The maximum atomic E-state index is 8.70. The Labute approximate surface area is 54.6 Å². The van der Waals surface area contributed by atoms with Gasteiger partial charge in [0.2, 0.25) is 0 Å². The summed E-state index contributed by atoms with van der Waals surface area (Å²) in [6, 6.07) is 0. The van der Waals surface area contributed by atoms with Gasteiger partial charge >= 0.3 is 0 Å². The van der Waals surface area contributed by atoms with Gasteiger partial charge in [-0.05, 0) is 0 Å². The summed E-state index contributed by atoms with van der Waals surface area (Å²) in [5.74, 6) is 0. The highest BCUT2D eigenvalue weighted by atomic mass is 16.6. The lowest BCUT2D eigenvalue weighted by Crippen LogP contribution is -2.19. The summed E-state index contributed by atoms with van der Waals surface area (Å²) in [4.78, 5) is 0. The fourth-order valence-electron chi connectivity index (χ4n) is 0.336. The second kappa shape index (κ2) is 5.97. The average molecular weight is 135 g/mol. The Bertz CT molecular complexity index is 60.2. The van der Waals surface area contributed by atoms with E-state index in [1.807, 2.05) is 0 Å². The van der Waals surface area contributed by atoms with Crippen molar-refractivity contribution in [2.75, 3.05) is 26.9 Å². The van der Waals surface area contributed by atoms with Crippen LogP contribution in [0.2, 0.25) is 0 Å². The highest BCUT2D eigenvalue weighted by molar-refractivity contribution is 4.35. The van der Waals surface area contributed by atoms with E-state index in [1.165, 1.54) is 7.11 Å². The van der Waals surface area contributed by atoms with Crippen LogP contribution in [0.3, 0.4) is 0 Å². The van der Waals surface area contributed by atoms with Crippen LogP contribution in [0.4, 0.5) is 0 Å². The number of methoxy groups -OCH3 is 1. The van der Waals surface area contributed by atoms with Crippen molar-refractivity contribution in [2.45, 2.75) is 6.29 Å². The Morgan fingerprint density at radius 1 is 1.67 bits per heavy atom. The number of hydrogen-bond acceptors (Lipinski definition) is 4. The van der Waals surface area contributed by atoms with Crippen molar-refractivity contribution < 1.29 is 14.6 Å². The Morgan fingerprint density at radius 2 is 2.33 bits per heavy atom. The molecule has 1 atom stereocenters. The fourth-order valence-corrected chi connectivity index (χ4v) is 0.336. The number of rotatable bonds is 5. The second-order valence-electron chi connectivity index (χ2n) is 1.55. The van der Waals surface area contributed by atoms with Crippen molar-refractivity contribution in [3.05, 3.63) is 0 Å². The molecule has 0 saturated carbocycles. The molecule has 0 aromatic rings. The zero-order valence-corrected chi connectivity index (χ0v) is 5.54. The van der Waals surface area contributed by atoms with Gasteiger partial charge in [-0.15, -0.1) is 0 Å². The Morgan fingerprint density at radius 3 is 2.78 bits per heavy atom. The van der Waals surface area contributed by atoms with Gasteiger partial charge in [0.05, 0.1) is 13.2 Å². The van der Waals surface area contributed by atoms with Crippen molar-refractivity contribution >= 4 is 0 Å². The van der Waals surface area contributed by atoms with Crippen LogP contribution in [0, 0.1) is 0 Å². The van der Waals surface area contributed by atoms with Crippen LogP contribution >= 0.6 is 0 Å². The van der Waals surface area contributed by atoms with Gasteiger partial charge in [-0.2, -0.15) is 0 Å². The van der Waals surface area contributed by atoms with Crippen molar-refractivity contribution in [3.8, 4) is 0 Å². The molecule has 0 saturated heterocycles. The van der Waals surface area contributed by atoms with E-state index < -0.39 is 6.29 Å². The molecule has 0 fully saturated rings. The number of nitrogens with two attached hydrogens (primary N) is 1. The van der Waals surface area contributed by atoms with E-state index in [-0.39, 0.29) is 6.61 Å². The van der Waals surface area contributed by atoms with Gasteiger partial charge in [0.1, 0.15) is 0 Å². The Balaban J connectivity index is 2.88. The minimum absolute atomic E-state index is 0.188. The highest BCUT2D eigenvalue weighted by Gasteiger charge is 1.98. The molecule has 0 bridgehead atoms. The van der Waals surface area contributed by atoms with E-state index in [4.69, 9.17) is 15.6 Å². The van der Waals surface area contributed by atoms with Crippen molar-refractivity contribution in [2.24, 2.45) is 5.73 Å². The molecular formula is C5H13NO3. The van der Waals surface area contributed by atoms with Crippen molar-refractivity contribution in [1.82, 2.24) is 0 Å². The lowest BCUT2D eigenvalue weighted by atomic mass is 10.6. The van der Waals surface area contributed by atoms with Crippen LogP contribution < -0.4 is 5.73 Å². The van der Waals surface area contributed by atoms with Crippen LogP contribution in [0.25, 0.3) is 0 Å². The SMILES string of the molecule is COC(O)COCCN. The normalized spacial score (nSPS) is 13.7. The minimum atomic E-state index is -0.823. The third kappa shape index (κ3) is 5.72. The smallest absolute Gasteiger partial charge is 0.177 e. The maximum absolute atomic E-state index is 8.70. The van der Waals surface area contributed by atoms with E-state index in [0.717, 1.165) is 0 Å². The third-order valence-corrected chi connectivity index (χ3v) is 0.795. The molecule has 0 rings (SSSR count). The van der Waals surface area contributed by atoms with E-state index >= 15 is 0 Å². The molecule has 4 heteroatoms. The molecule has 0 aromatic carbocycles. The van der Waals surface area contributed by atoms with Crippen LogP contribution in [0.15, 0.2) is 0 Å². The minimum Gasteiger partial charge on any atom is -0.375 e. The summed E-state index contributed by atoms with van der Waals surface area (Å²) in [6.45, 7) is 1.12. The Hall–Kier alpha value is -0.160. The lowest BCUT2D eigenvalue weighted by Gasteiger charge is -2.07. The molecule has 4 nitrogen and oxygen atoms in total. The highest BCUT2D eigenvalue weighted by Crippen LogP contribution is 1.83. The summed E-state index contributed by atoms with van der Waals surface area (Å²) in [7, 11) is 1.41. The summed E-state index contributed by atoms with van der Waals surface area (Å²) in [6.07, 6.45) is -0.823. The van der Waals surface area contributed by atoms with Gasteiger partial charge in [-0.25, -0.2) is 0 Å². The van der Waals surface area contributed by atoms with Crippen molar-refractivity contribution in [1.29, 1.82) is 0 Å². The van der Waals surface area contributed by atoms with Crippen LogP contribution in [-0.4, -0.2) is 38.3 Å². The number of hydrogen-bond donors (Lipinski definition) is 2. The molecule has 0 aliphatic rings. The molecule has 1 unspecified atom stereocenters. The van der Waals surface area contributed by atoms with Crippen molar-refractivity contribution in [3.63, 3.8) is 0 Å². The first kappa shape index (κ1) is 8.84. The molecule has 0 radical (unpaired) electrons. The van der Waals surface area contributed by atoms with E-state index in [1.54, 1.807) is 0 Å². The van der Waals surface area contributed by atoms with Gasteiger partial charge in [-0.1, -0.05) is 0 Å². The van der Waals surface area contributed by atoms with Gasteiger partial charge in [0.15, 0.2) is 6.29 Å². The predicted molar refractivity (Wildman–Crippen MR) is 32.9 cm³/mol. The quantitative estimate of drug-likeness (QED) is 0.372. The molecule has 0 spiro atoms. The molecule has 0 aliphatic heterocycles. The first-order chi connectivity index (χ1) is 4.31. The third-order valence-electron chi connectivity index (χ3n) is 0.795. The largest absolute Gasteiger partial charge is 0.375 e. The predicted octanol–water partition coefficient (Wildman–Crippen LogP) is -1.07. The van der Waals surface area contributed by atoms with E-state index in [2.05, 4.69) is 4.74 Å². The molecule has 0 aliphatic carbocycles. The van der Waals surface area contributed by atoms with Crippen LogP contribution in [0.1, 0.15) is 0 Å². The first-order valence-electron chi connectivity index (χ1n) is 2.80. The van der Waals surface area contributed by atoms with Gasteiger partial charge in [-0.3, -0.25) is 0 Å². The molecule has 0 amide bonds. The van der Waals surface area contributed by atoms with Gasteiger partial charge in [0, 0.05) is 13.7 Å². The first-order valence-corrected chi connectivity index (χ1v) is 2.80. The fraction of sp³-hybridized carbons (Fsp3) is 1.00.